The molecule has 0 bridgehead atoms. The van der Waals surface area contributed by atoms with Crippen molar-refractivity contribution in [2.24, 2.45) is 5.73 Å². The zero-order valence-electron chi connectivity index (χ0n) is 10.6. The predicted molar refractivity (Wildman–Crippen MR) is 86.9 cm³/mol. The molecule has 0 saturated heterocycles. The van der Waals surface area contributed by atoms with Crippen LogP contribution >= 0.6 is 31.9 Å². The monoisotopic (exact) mass is 436 g/mol. The van der Waals surface area contributed by atoms with Crippen LogP contribution in [-0.2, 0) is 16.6 Å². The van der Waals surface area contributed by atoms with E-state index >= 15 is 0 Å². The second-order valence-corrected chi connectivity index (χ2v) is 7.62. The van der Waals surface area contributed by atoms with Crippen molar-refractivity contribution in [3.63, 3.8) is 0 Å². The molecule has 3 N–H and O–H groups in total. The maximum Gasteiger partial charge on any atom is 0.264 e. The van der Waals surface area contributed by atoms with Gasteiger partial charge < -0.3 is 5.73 Å². The fourth-order valence-electron chi connectivity index (χ4n) is 1.66. The summed E-state index contributed by atoms with van der Waals surface area (Å²) in [5.41, 5.74) is 6.30. The zero-order chi connectivity index (χ0) is 15.6. The van der Waals surface area contributed by atoms with Gasteiger partial charge in [0.2, 0.25) is 0 Å². The second-order valence-electron chi connectivity index (χ2n) is 4.20. The summed E-state index contributed by atoms with van der Waals surface area (Å²) in [4.78, 5) is -0.433. The highest BCUT2D eigenvalue weighted by atomic mass is 79.9. The van der Waals surface area contributed by atoms with E-state index in [4.69, 9.17) is 5.73 Å². The number of sulfonamides is 1. The summed E-state index contributed by atoms with van der Waals surface area (Å²) in [7, 11) is -4.05. The molecule has 0 aromatic heterocycles. The Bertz CT molecular complexity index is 782. The molecular formula is C13H11Br2FN2O2S. The van der Waals surface area contributed by atoms with Crippen molar-refractivity contribution in [1.82, 2.24) is 0 Å². The minimum absolute atomic E-state index is 0.128. The van der Waals surface area contributed by atoms with Crippen LogP contribution in [0.2, 0.25) is 0 Å². The summed E-state index contributed by atoms with van der Waals surface area (Å²) < 4.78 is 42.0. The van der Waals surface area contributed by atoms with E-state index in [1.807, 2.05) is 0 Å². The molecule has 0 fully saturated rings. The molecule has 0 aliphatic carbocycles. The fourth-order valence-corrected chi connectivity index (χ4v) is 3.69. The van der Waals surface area contributed by atoms with Crippen LogP contribution in [0.1, 0.15) is 5.56 Å². The largest absolute Gasteiger partial charge is 0.326 e. The molecule has 4 nitrogen and oxygen atoms in total. The van der Waals surface area contributed by atoms with Gasteiger partial charge in [0.15, 0.2) is 0 Å². The first-order valence-corrected chi connectivity index (χ1v) is 8.87. The van der Waals surface area contributed by atoms with Gasteiger partial charge in [-0.15, -0.1) is 0 Å². The van der Waals surface area contributed by atoms with Gasteiger partial charge in [-0.05, 0) is 51.8 Å². The van der Waals surface area contributed by atoms with Gasteiger partial charge in [-0.2, -0.15) is 0 Å². The maximum absolute atomic E-state index is 13.8. The minimum Gasteiger partial charge on any atom is -0.326 e. The summed E-state index contributed by atoms with van der Waals surface area (Å²) in [6, 6.07) is 8.76. The smallest absolute Gasteiger partial charge is 0.264 e. The Balaban J connectivity index is 2.45. The van der Waals surface area contributed by atoms with Crippen LogP contribution in [0.25, 0.3) is 0 Å². The average molecular weight is 438 g/mol. The van der Waals surface area contributed by atoms with Crippen molar-refractivity contribution >= 4 is 47.6 Å². The van der Waals surface area contributed by atoms with E-state index in [2.05, 4.69) is 36.6 Å². The van der Waals surface area contributed by atoms with Gasteiger partial charge in [-0.1, -0.05) is 22.0 Å². The Morgan fingerprint density at radius 1 is 1.14 bits per heavy atom. The van der Waals surface area contributed by atoms with Crippen LogP contribution in [0.3, 0.4) is 0 Å². The SMILES string of the molecule is NCc1ccc(F)c(S(=O)(=O)Nc2cc(Br)ccc2Br)c1. The molecule has 2 aromatic rings. The first-order valence-electron chi connectivity index (χ1n) is 5.80. The van der Waals surface area contributed by atoms with E-state index in [1.165, 1.54) is 12.1 Å². The number of halogens is 3. The van der Waals surface area contributed by atoms with Crippen LogP contribution in [0, 0.1) is 5.82 Å². The lowest BCUT2D eigenvalue weighted by atomic mass is 10.2. The third-order valence-electron chi connectivity index (χ3n) is 2.69. The molecule has 0 unspecified atom stereocenters. The van der Waals surface area contributed by atoms with Crippen molar-refractivity contribution in [3.8, 4) is 0 Å². The molecule has 0 heterocycles. The Morgan fingerprint density at radius 2 is 1.86 bits per heavy atom. The highest BCUT2D eigenvalue weighted by molar-refractivity contribution is 9.11. The number of hydrogen-bond acceptors (Lipinski definition) is 3. The summed E-state index contributed by atoms with van der Waals surface area (Å²) >= 11 is 6.49. The first-order chi connectivity index (χ1) is 9.83. The number of rotatable bonds is 4. The topological polar surface area (TPSA) is 72.2 Å². The van der Waals surface area contributed by atoms with Gasteiger partial charge in [0.1, 0.15) is 10.7 Å². The van der Waals surface area contributed by atoms with Crippen LogP contribution in [0.15, 0.2) is 50.2 Å². The molecule has 21 heavy (non-hydrogen) atoms. The molecule has 8 heteroatoms. The number of nitrogens with one attached hydrogen (secondary N) is 1. The lowest BCUT2D eigenvalue weighted by molar-refractivity contribution is 0.569. The minimum atomic E-state index is -4.05. The lowest BCUT2D eigenvalue weighted by Crippen LogP contribution is -2.15. The van der Waals surface area contributed by atoms with E-state index in [0.717, 1.165) is 6.07 Å². The quantitative estimate of drug-likeness (QED) is 0.767. The highest BCUT2D eigenvalue weighted by Gasteiger charge is 2.20. The Labute approximate surface area is 138 Å². The number of benzene rings is 2. The van der Waals surface area contributed by atoms with E-state index in [0.29, 0.717) is 20.2 Å². The molecule has 0 radical (unpaired) electrons. The van der Waals surface area contributed by atoms with E-state index in [1.54, 1.807) is 18.2 Å². The molecule has 0 aliphatic heterocycles. The van der Waals surface area contributed by atoms with Gasteiger partial charge in [-0.25, -0.2) is 12.8 Å². The highest BCUT2D eigenvalue weighted by Crippen LogP contribution is 2.29. The first kappa shape index (κ1) is 16.4. The molecule has 0 atom stereocenters. The number of nitrogens with two attached hydrogens (primary N) is 1. The summed E-state index contributed by atoms with van der Waals surface area (Å²) in [6.07, 6.45) is 0. The van der Waals surface area contributed by atoms with Crippen molar-refractivity contribution in [3.05, 3.63) is 56.7 Å². The fraction of sp³-hybridized carbons (Fsp3) is 0.0769. The standard InChI is InChI=1S/C13H11Br2FN2O2S/c14-9-2-3-10(15)12(6-9)18-21(19,20)13-5-8(7-17)1-4-11(13)16/h1-6,18H,7,17H2. The molecule has 0 saturated carbocycles. The second kappa shape index (κ2) is 6.43. The molecule has 0 amide bonds. The molecule has 2 aromatic carbocycles. The molecule has 2 rings (SSSR count). The van der Waals surface area contributed by atoms with Crippen molar-refractivity contribution in [2.45, 2.75) is 11.4 Å². The van der Waals surface area contributed by atoms with E-state index in [9.17, 15) is 12.8 Å². The van der Waals surface area contributed by atoms with Crippen molar-refractivity contribution < 1.29 is 12.8 Å². The van der Waals surface area contributed by atoms with Crippen LogP contribution in [0.5, 0.6) is 0 Å². The molecule has 112 valence electrons. The van der Waals surface area contributed by atoms with Crippen LogP contribution in [0.4, 0.5) is 10.1 Å². The lowest BCUT2D eigenvalue weighted by Gasteiger charge is -2.11. The maximum atomic E-state index is 13.8. The van der Waals surface area contributed by atoms with E-state index < -0.39 is 20.7 Å². The summed E-state index contributed by atoms with van der Waals surface area (Å²) in [6.45, 7) is 0.128. The van der Waals surface area contributed by atoms with Crippen LogP contribution < -0.4 is 10.5 Å². The third-order valence-corrected chi connectivity index (χ3v) is 5.26. The summed E-state index contributed by atoms with van der Waals surface area (Å²) in [5.74, 6) is -0.828. The van der Waals surface area contributed by atoms with Crippen molar-refractivity contribution in [2.75, 3.05) is 4.72 Å². The van der Waals surface area contributed by atoms with Crippen molar-refractivity contribution in [1.29, 1.82) is 0 Å². The summed E-state index contributed by atoms with van der Waals surface area (Å²) in [5, 5.41) is 0. The number of hydrogen-bond donors (Lipinski definition) is 2. The van der Waals surface area contributed by atoms with Gasteiger partial charge >= 0.3 is 0 Å². The van der Waals surface area contributed by atoms with E-state index in [-0.39, 0.29) is 6.54 Å². The van der Waals surface area contributed by atoms with Gasteiger partial charge in [0.25, 0.3) is 10.0 Å². The third kappa shape index (κ3) is 3.82. The predicted octanol–water partition coefficient (Wildman–Crippen LogP) is 3.61. The molecular weight excluding hydrogens is 427 g/mol. The molecule has 0 spiro atoms. The molecule has 0 aliphatic rings. The Morgan fingerprint density at radius 3 is 2.52 bits per heavy atom. The zero-order valence-corrected chi connectivity index (χ0v) is 14.6. The van der Waals surface area contributed by atoms with Gasteiger partial charge in [0.05, 0.1) is 5.69 Å². The van der Waals surface area contributed by atoms with Gasteiger partial charge in [0, 0.05) is 15.5 Å². The Hall–Kier alpha value is -0.960. The average Bonchev–Trinajstić information content (AvgIpc) is 2.43. The number of anilines is 1. The Kier molecular flexibility index (Phi) is 5.03. The van der Waals surface area contributed by atoms with Crippen LogP contribution in [-0.4, -0.2) is 8.42 Å². The normalized spacial score (nSPS) is 11.4. The van der Waals surface area contributed by atoms with Gasteiger partial charge in [-0.3, -0.25) is 4.72 Å².